The Morgan fingerprint density at radius 3 is 2.33 bits per heavy atom. The maximum Gasteiger partial charge on any atom is 0.106 e. The van der Waals surface area contributed by atoms with Crippen LogP contribution in [-0.2, 0) is 0 Å². The first-order valence-electron chi connectivity index (χ1n) is 6.50. The van der Waals surface area contributed by atoms with Gasteiger partial charge in [-0.2, -0.15) is 0 Å². The Labute approximate surface area is 116 Å². The van der Waals surface area contributed by atoms with Gasteiger partial charge in [0.05, 0.1) is 0 Å². The fraction of sp³-hybridized carbons (Fsp3) is 0.533. The van der Waals surface area contributed by atoms with Gasteiger partial charge >= 0.3 is 0 Å². The Kier molecular flexibility index (Phi) is 5.15. The van der Waals surface area contributed by atoms with E-state index in [1.54, 1.807) is 0 Å². The molecular weight excluding hydrogens is 240 g/mol. The van der Waals surface area contributed by atoms with E-state index in [1.807, 2.05) is 0 Å². The summed E-state index contributed by atoms with van der Waals surface area (Å²) in [6.45, 7) is 11.9. The van der Waals surface area contributed by atoms with E-state index in [1.165, 1.54) is 5.56 Å². The number of benzene rings is 1. The van der Waals surface area contributed by atoms with E-state index in [0.29, 0.717) is 16.9 Å². The summed E-state index contributed by atoms with van der Waals surface area (Å²) in [5.41, 5.74) is 9.18. The van der Waals surface area contributed by atoms with Crippen molar-refractivity contribution in [1.82, 2.24) is 0 Å². The second-order valence-corrected chi connectivity index (χ2v) is 5.96. The highest BCUT2D eigenvalue weighted by Crippen LogP contribution is 2.25. The van der Waals surface area contributed by atoms with Crippen molar-refractivity contribution in [3.05, 3.63) is 29.3 Å². The van der Waals surface area contributed by atoms with E-state index in [-0.39, 0.29) is 0 Å². The second-order valence-electron chi connectivity index (χ2n) is 5.52. The molecule has 0 heterocycles. The predicted octanol–water partition coefficient (Wildman–Crippen LogP) is 3.50. The monoisotopic (exact) mass is 264 g/mol. The number of thiocarbonyl (C=S) groups is 1. The van der Waals surface area contributed by atoms with Crippen LogP contribution >= 0.6 is 12.2 Å². The summed E-state index contributed by atoms with van der Waals surface area (Å²) in [5.74, 6) is 0.605. The Bertz CT molecular complexity index is 425. The molecule has 100 valence electrons. The molecule has 2 nitrogen and oxygen atoms in total. The topological polar surface area (TPSA) is 29.3 Å². The molecule has 0 spiro atoms. The molecule has 0 amide bonds. The third-order valence-electron chi connectivity index (χ3n) is 2.91. The first kappa shape index (κ1) is 15.0. The third kappa shape index (κ3) is 3.70. The van der Waals surface area contributed by atoms with Crippen LogP contribution in [0.25, 0.3) is 0 Å². The van der Waals surface area contributed by atoms with Crippen molar-refractivity contribution in [2.45, 2.75) is 40.7 Å². The molecule has 3 heteroatoms. The smallest absolute Gasteiger partial charge is 0.106 e. The first-order chi connectivity index (χ1) is 8.32. The lowest BCUT2D eigenvalue weighted by Gasteiger charge is -2.32. The Morgan fingerprint density at radius 1 is 1.28 bits per heavy atom. The van der Waals surface area contributed by atoms with Gasteiger partial charge in [0.25, 0.3) is 0 Å². The van der Waals surface area contributed by atoms with Crippen LogP contribution in [0, 0.1) is 12.8 Å². The lowest BCUT2D eigenvalue weighted by molar-refractivity contribution is 0.571. The zero-order valence-corrected chi connectivity index (χ0v) is 12.8. The van der Waals surface area contributed by atoms with Crippen molar-refractivity contribution in [2.75, 3.05) is 11.4 Å². The lowest BCUT2D eigenvalue weighted by Crippen LogP contribution is -2.35. The van der Waals surface area contributed by atoms with Gasteiger partial charge in [-0.15, -0.1) is 0 Å². The molecule has 1 aromatic rings. The van der Waals surface area contributed by atoms with Gasteiger partial charge in [-0.3, -0.25) is 0 Å². The second kappa shape index (κ2) is 6.19. The normalized spacial score (nSPS) is 11.1. The maximum atomic E-state index is 5.86. The summed E-state index contributed by atoms with van der Waals surface area (Å²) in [7, 11) is 0. The highest BCUT2D eigenvalue weighted by atomic mass is 32.1. The van der Waals surface area contributed by atoms with Gasteiger partial charge in [-0.1, -0.05) is 37.7 Å². The molecule has 0 aromatic heterocycles. The van der Waals surface area contributed by atoms with Crippen LogP contribution in [0.1, 0.15) is 38.8 Å². The van der Waals surface area contributed by atoms with E-state index in [4.69, 9.17) is 18.0 Å². The van der Waals surface area contributed by atoms with Gasteiger partial charge in [-0.25, -0.2) is 0 Å². The average Bonchev–Trinajstić information content (AvgIpc) is 2.25. The van der Waals surface area contributed by atoms with Gasteiger partial charge in [0.2, 0.25) is 0 Å². The maximum absolute atomic E-state index is 5.86. The number of anilines is 1. The quantitative estimate of drug-likeness (QED) is 0.825. The molecule has 0 aliphatic carbocycles. The number of rotatable bonds is 5. The van der Waals surface area contributed by atoms with Gasteiger partial charge in [0.15, 0.2) is 0 Å². The number of hydrogen-bond acceptors (Lipinski definition) is 2. The minimum absolute atomic E-state index is 0.434. The molecule has 2 N–H and O–H groups in total. The minimum atomic E-state index is 0.434. The molecule has 0 atom stereocenters. The standard InChI is InChI=1S/C15H24N2S/c1-10(2)9-17(11(3)4)14-7-6-12(5)8-13(14)15(16)18/h6-8,10-11H,9H2,1-5H3,(H2,16,18). The molecule has 0 aliphatic rings. The van der Waals surface area contributed by atoms with Crippen molar-refractivity contribution in [3.63, 3.8) is 0 Å². The highest BCUT2D eigenvalue weighted by Gasteiger charge is 2.16. The van der Waals surface area contributed by atoms with Crippen molar-refractivity contribution in [1.29, 1.82) is 0 Å². The van der Waals surface area contributed by atoms with E-state index in [2.05, 4.69) is 57.7 Å². The summed E-state index contributed by atoms with van der Waals surface area (Å²) < 4.78 is 0. The van der Waals surface area contributed by atoms with E-state index in [9.17, 15) is 0 Å². The molecule has 0 unspecified atom stereocenters. The zero-order valence-electron chi connectivity index (χ0n) is 12.0. The Hall–Kier alpha value is -1.09. The van der Waals surface area contributed by atoms with E-state index in [0.717, 1.165) is 17.8 Å². The zero-order chi connectivity index (χ0) is 13.9. The SMILES string of the molecule is Cc1ccc(N(CC(C)C)C(C)C)c(C(N)=S)c1. The van der Waals surface area contributed by atoms with Crippen LogP contribution in [0.4, 0.5) is 5.69 Å². The molecule has 0 fully saturated rings. The van der Waals surface area contributed by atoms with Gasteiger partial charge in [0, 0.05) is 23.8 Å². The Balaban J connectivity index is 3.22. The highest BCUT2D eigenvalue weighted by molar-refractivity contribution is 7.80. The van der Waals surface area contributed by atoms with Gasteiger partial charge in [-0.05, 0) is 38.8 Å². The Morgan fingerprint density at radius 2 is 1.89 bits per heavy atom. The molecule has 1 aromatic carbocycles. The molecule has 18 heavy (non-hydrogen) atoms. The summed E-state index contributed by atoms with van der Waals surface area (Å²) in [5, 5.41) is 0. The van der Waals surface area contributed by atoms with Crippen molar-refractivity contribution in [3.8, 4) is 0 Å². The number of nitrogens with zero attached hydrogens (tertiary/aromatic N) is 1. The van der Waals surface area contributed by atoms with Crippen molar-refractivity contribution < 1.29 is 0 Å². The molecule has 0 aliphatic heterocycles. The van der Waals surface area contributed by atoms with Crippen LogP contribution in [0.2, 0.25) is 0 Å². The largest absolute Gasteiger partial charge is 0.389 e. The number of nitrogens with two attached hydrogens (primary N) is 1. The molecular formula is C15H24N2S. The van der Waals surface area contributed by atoms with Crippen molar-refractivity contribution in [2.24, 2.45) is 11.7 Å². The van der Waals surface area contributed by atoms with Gasteiger partial charge < -0.3 is 10.6 Å². The fourth-order valence-corrected chi connectivity index (χ4v) is 2.24. The molecule has 0 saturated carbocycles. The summed E-state index contributed by atoms with van der Waals surface area (Å²) in [6.07, 6.45) is 0. The number of aryl methyl sites for hydroxylation is 1. The fourth-order valence-electron chi connectivity index (χ4n) is 2.08. The number of hydrogen-bond donors (Lipinski definition) is 1. The molecule has 0 bridgehead atoms. The van der Waals surface area contributed by atoms with Crippen LogP contribution < -0.4 is 10.6 Å². The first-order valence-corrected chi connectivity index (χ1v) is 6.90. The predicted molar refractivity (Wildman–Crippen MR) is 84.4 cm³/mol. The average molecular weight is 264 g/mol. The molecule has 1 rings (SSSR count). The van der Waals surface area contributed by atoms with Crippen LogP contribution in [-0.4, -0.2) is 17.6 Å². The summed E-state index contributed by atoms with van der Waals surface area (Å²) in [4.78, 5) is 2.85. The van der Waals surface area contributed by atoms with E-state index < -0.39 is 0 Å². The van der Waals surface area contributed by atoms with Gasteiger partial charge in [0.1, 0.15) is 4.99 Å². The van der Waals surface area contributed by atoms with Crippen LogP contribution in [0.15, 0.2) is 18.2 Å². The lowest BCUT2D eigenvalue weighted by atomic mass is 10.1. The van der Waals surface area contributed by atoms with E-state index >= 15 is 0 Å². The van der Waals surface area contributed by atoms with Crippen molar-refractivity contribution >= 4 is 22.9 Å². The summed E-state index contributed by atoms with van der Waals surface area (Å²) >= 11 is 5.18. The molecule has 0 radical (unpaired) electrons. The third-order valence-corrected chi connectivity index (χ3v) is 3.13. The van der Waals surface area contributed by atoms with Crippen LogP contribution in [0.5, 0.6) is 0 Å². The summed E-state index contributed by atoms with van der Waals surface area (Å²) in [6, 6.07) is 6.76. The minimum Gasteiger partial charge on any atom is -0.389 e. The molecule has 0 saturated heterocycles. The van der Waals surface area contributed by atoms with Crippen LogP contribution in [0.3, 0.4) is 0 Å².